The summed E-state index contributed by atoms with van der Waals surface area (Å²) in [5.74, 6) is 0. The van der Waals surface area contributed by atoms with Crippen molar-refractivity contribution in [2.45, 2.75) is 51.0 Å². The van der Waals surface area contributed by atoms with Gasteiger partial charge in [-0.05, 0) is 37.7 Å². The van der Waals surface area contributed by atoms with Crippen molar-refractivity contribution in [3.63, 3.8) is 0 Å². The zero-order valence-corrected chi connectivity index (χ0v) is 13.4. The Labute approximate surface area is 130 Å². The van der Waals surface area contributed by atoms with E-state index in [-0.39, 0.29) is 0 Å². The van der Waals surface area contributed by atoms with Crippen LogP contribution < -0.4 is 9.80 Å². The predicted octanol–water partition coefficient (Wildman–Crippen LogP) is 0.735. The number of aryl methyl sites for hydroxylation is 1. The second-order valence-electron chi connectivity index (χ2n) is 7.08. The van der Waals surface area contributed by atoms with Gasteiger partial charge < -0.3 is 9.80 Å². The molecule has 0 bridgehead atoms. The van der Waals surface area contributed by atoms with Crippen LogP contribution in [0.4, 0.5) is 0 Å². The lowest BCUT2D eigenvalue weighted by Crippen LogP contribution is -3.29. The maximum atomic E-state index is 2.26. The van der Waals surface area contributed by atoms with Crippen molar-refractivity contribution < 1.29 is 9.80 Å². The van der Waals surface area contributed by atoms with E-state index in [1.165, 1.54) is 83.2 Å². The molecule has 1 aliphatic heterocycles. The molecule has 2 fully saturated rings. The molecule has 0 spiro atoms. The Morgan fingerprint density at radius 2 is 1.57 bits per heavy atom. The highest BCUT2D eigenvalue weighted by Gasteiger charge is 2.29. The van der Waals surface area contributed by atoms with E-state index in [0.29, 0.717) is 0 Å². The van der Waals surface area contributed by atoms with Crippen molar-refractivity contribution in [2.75, 3.05) is 32.7 Å². The SMILES string of the molecule is c1ccc(CCC[NH+]2CC[NH+](C3CCCCC3)CC2)cc1. The van der Waals surface area contributed by atoms with Gasteiger partial charge >= 0.3 is 0 Å². The first-order valence-electron chi connectivity index (χ1n) is 9.14. The Balaban J connectivity index is 1.34. The highest BCUT2D eigenvalue weighted by Crippen LogP contribution is 2.15. The van der Waals surface area contributed by atoms with Crippen molar-refractivity contribution in [2.24, 2.45) is 0 Å². The zero-order chi connectivity index (χ0) is 14.3. The first-order valence-corrected chi connectivity index (χ1v) is 9.14. The standard InChI is InChI=1S/C19H30N2/c1-3-8-18(9-4-1)10-7-13-20-14-16-21(17-15-20)19-11-5-2-6-12-19/h1,3-4,8-9,19H,2,5-7,10-17H2/p+2. The van der Waals surface area contributed by atoms with Crippen LogP contribution in [0.3, 0.4) is 0 Å². The molecule has 2 aliphatic rings. The molecule has 0 unspecified atom stereocenters. The molecule has 0 aromatic heterocycles. The van der Waals surface area contributed by atoms with Gasteiger partial charge in [0.25, 0.3) is 0 Å². The van der Waals surface area contributed by atoms with Gasteiger partial charge in [0.2, 0.25) is 0 Å². The number of hydrogen-bond donors (Lipinski definition) is 2. The van der Waals surface area contributed by atoms with Crippen LogP contribution in [0, 0.1) is 0 Å². The van der Waals surface area contributed by atoms with E-state index < -0.39 is 0 Å². The number of hydrogen-bond acceptors (Lipinski definition) is 0. The number of quaternary nitrogens is 2. The van der Waals surface area contributed by atoms with Gasteiger partial charge in [-0.15, -0.1) is 0 Å². The number of nitrogens with one attached hydrogen (secondary N) is 2. The summed E-state index contributed by atoms with van der Waals surface area (Å²) in [4.78, 5) is 3.78. The third-order valence-corrected chi connectivity index (χ3v) is 5.62. The van der Waals surface area contributed by atoms with Crippen LogP contribution in [0.2, 0.25) is 0 Å². The van der Waals surface area contributed by atoms with E-state index in [1.807, 2.05) is 9.80 Å². The fourth-order valence-electron chi connectivity index (χ4n) is 4.28. The third kappa shape index (κ3) is 4.55. The highest BCUT2D eigenvalue weighted by atomic mass is 15.3. The van der Waals surface area contributed by atoms with Crippen molar-refractivity contribution in [1.29, 1.82) is 0 Å². The summed E-state index contributed by atoms with van der Waals surface area (Å²) in [6, 6.07) is 12.0. The third-order valence-electron chi connectivity index (χ3n) is 5.62. The van der Waals surface area contributed by atoms with Crippen LogP contribution in [0.25, 0.3) is 0 Å². The van der Waals surface area contributed by atoms with Gasteiger partial charge in [0.15, 0.2) is 0 Å². The van der Waals surface area contributed by atoms with Gasteiger partial charge in [0.05, 0.1) is 12.6 Å². The van der Waals surface area contributed by atoms with Gasteiger partial charge in [-0.3, -0.25) is 0 Å². The molecule has 0 amide bonds. The minimum atomic E-state index is 1.00. The number of rotatable bonds is 5. The predicted molar refractivity (Wildman–Crippen MR) is 87.9 cm³/mol. The molecule has 2 heteroatoms. The molecule has 116 valence electrons. The summed E-state index contributed by atoms with van der Waals surface area (Å²) >= 11 is 0. The summed E-state index contributed by atoms with van der Waals surface area (Å²) < 4.78 is 0. The quantitative estimate of drug-likeness (QED) is 0.791. The largest absolute Gasteiger partial charge is 0.326 e. The Morgan fingerprint density at radius 1 is 0.857 bits per heavy atom. The second-order valence-corrected chi connectivity index (χ2v) is 7.08. The average molecular weight is 288 g/mol. The lowest BCUT2D eigenvalue weighted by atomic mass is 9.94. The second kappa shape index (κ2) is 7.95. The summed E-state index contributed by atoms with van der Waals surface area (Å²) in [7, 11) is 0. The van der Waals surface area contributed by atoms with Crippen LogP contribution in [0.15, 0.2) is 30.3 Å². The van der Waals surface area contributed by atoms with Crippen LogP contribution in [0.1, 0.15) is 44.1 Å². The van der Waals surface area contributed by atoms with Gasteiger partial charge in [-0.2, -0.15) is 0 Å². The van der Waals surface area contributed by atoms with Crippen molar-refractivity contribution in [1.82, 2.24) is 0 Å². The van der Waals surface area contributed by atoms with Crippen LogP contribution in [0.5, 0.6) is 0 Å². The molecule has 1 aliphatic carbocycles. The molecule has 0 atom stereocenters. The smallest absolute Gasteiger partial charge is 0.127 e. The van der Waals surface area contributed by atoms with E-state index in [9.17, 15) is 0 Å². The number of piperazine rings is 1. The molecule has 0 radical (unpaired) electrons. The van der Waals surface area contributed by atoms with E-state index in [0.717, 1.165) is 6.04 Å². The Bertz CT molecular complexity index is 389. The van der Waals surface area contributed by atoms with Crippen molar-refractivity contribution in [3.05, 3.63) is 35.9 Å². The van der Waals surface area contributed by atoms with E-state index in [1.54, 1.807) is 0 Å². The maximum Gasteiger partial charge on any atom is 0.127 e. The fourth-order valence-corrected chi connectivity index (χ4v) is 4.28. The van der Waals surface area contributed by atoms with Gasteiger partial charge in [-0.25, -0.2) is 0 Å². The zero-order valence-electron chi connectivity index (χ0n) is 13.4. The Hall–Kier alpha value is -0.860. The average Bonchev–Trinajstić information content (AvgIpc) is 2.57. The van der Waals surface area contributed by atoms with Gasteiger partial charge in [0.1, 0.15) is 26.2 Å². The minimum absolute atomic E-state index is 1.00. The lowest BCUT2D eigenvalue weighted by molar-refractivity contribution is -1.02. The fraction of sp³-hybridized carbons (Fsp3) is 0.684. The number of benzene rings is 1. The molecule has 1 aromatic rings. The van der Waals surface area contributed by atoms with E-state index in [2.05, 4.69) is 30.3 Å². The minimum Gasteiger partial charge on any atom is -0.326 e. The molecule has 2 N–H and O–H groups in total. The van der Waals surface area contributed by atoms with Gasteiger partial charge in [-0.1, -0.05) is 36.8 Å². The first kappa shape index (κ1) is 15.1. The Kier molecular flexibility index (Phi) is 5.70. The van der Waals surface area contributed by atoms with Crippen LogP contribution >= 0.6 is 0 Å². The Morgan fingerprint density at radius 3 is 2.29 bits per heavy atom. The molecular formula is C19H32N2+2. The summed E-state index contributed by atoms with van der Waals surface area (Å²) in [6.45, 7) is 7.02. The summed E-state index contributed by atoms with van der Waals surface area (Å²) in [6.07, 6.45) is 10.1. The molecule has 21 heavy (non-hydrogen) atoms. The summed E-state index contributed by atoms with van der Waals surface area (Å²) in [5, 5.41) is 0. The topological polar surface area (TPSA) is 8.88 Å². The monoisotopic (exact) mass is 288 g/mol. The van der Waals surface area contributed by atoms with Gasteiger partial charge in [0, 0.05) is 6.42 Å². The van der Waals surface area contributed by atoms with Crippen LogP contribution in [-0.4, -0.2) is 38.8 Å². The molecule has 1 saturated heterocycles. The lowest BCUT2D eigenvalue weighted by Gasteiger charge is -2.36. The molecule has 1 aromatic carbocycles. The molecule has 3 rings (SSSR count). The highest BCUT2D eigenvalue weighted by molar-refractivity contribution is 5.14. The maximum absolute atomic E-state index is 2.26. The molecule has 1 saturated carbocycles. The van der Waals surface area contributed by atoms with E-state index in [4.69, 9.17) is 0 Å². The molecule has 2 nitrogen and oxygen atoms in total. The molecular weight excluding hydrogens is 256 g/mol. The van der Waals surface area contributed by atoms with Crippen molar-refractivity contribution >= 4 is 0 Å². The molecule has 1 heterocycles. The van der Waals surface area contributed by atoms with Crippen molar-refractivity contribution in [3.8, 4) is 0 Å². The normalized spacial score (nSPS) is 27.6. The van der Waals surface area contributed by atoms with Crippen LogP contribution in [-0.2, 0) is 6.42 Å². The first-order chi connectivity index (χ1) is 10.4. The summed E-state index contributed by atoms with van der Waals surface area (Å²) in [5.41, 5.74) is 1.50. The van der Waals surface area contributed by atoms with E-state index >= 15 is 0 Å².